The lowest BCUT2D eigenvalue weighted by atomic mass is 10.1. The number of hydrogen-bond donors (Lipinski definition) is 0. The fourth-order valence-electron chi connectivity index (χ4n) is 2.29. The van der Waals surface area contributed by atoms with E-state index in [0.717, 1.165) is 23.6 Å². The van der Waals surface area contributed by atoms with Crippen molar-refractivity contribution in [3.63, 3.8) is 0 Å². The average molecular weight is 223 g/mol. The predicted octanol–water partition coefficient (Wildman–Crippen LogP) is 3.19. The van der Waals surface area contributed by atoms with E-state index in [1.54, 1.807) is 0 Å². The standard InChI is InChI=1S/C12H17NOS/c1-13(7-10-4-2-3-5-10)11-6-12(8-14)15-9-11/h6,8-10H,2-5,7H2,1H3. The maximum absolute atomic E-state index is 10.6. The van der Waals surface area contributed by atoms with Crippen LogP contribution in [0, 0.1) is 5.92 Å². The molecule has 1 aliphatic rings. The number of nitrogens with zero attached hydrogens (tertiary/aromatic N) is 1. The number of aldehydes is 1. The molecule has 0 aliphatic heterocycles. The van der Waals surface area contributed by atoms with E-state index in [-0.39, 0.29) is 0 Å². The monoisotopic (exact) mass is 223 g/mol. The quantitative estimate of drug-likeness (QED) is 0.731. The highest BCUT2D eigenvalue weighted by molar-refractivity contribution is 7.12. The summed E-state index contributed by atoms with van der Waals surface area (Å²) in [4.78, 5) is 13.7. The van der Waals surface area contributed by atoms with Crippen LogP contribution in [-0.2, 0) is 0 Å². The minimum absolute atomic E-state index is 0.822. The van der Waals surface area contributed by atoms with Crippen LogP contribution in [0.25, 0.3) is 0 Å². The Bertz CT molecular complexity index is 328. The van der Waals surface area contributed by atoms with E-state index in [9.17, 15) is 4.79 Å². The maximum atomic E-state index is 10.6. The first-order chi connectivity index (χ1) is 7.29. The molecule has 1 aromatic heterocycles. The minimum Gasteiger partial charge on any atom is -0.374 e. The Morgan fingerprint density at radius 3 is 2.87 bits per heavy atom. The van der Waals surface area contributed by atoms with Crippen LogP contribution < -0.4 is 4.90 Å². The van der Waals surface area contributed by atoms with E-state index in [1.165, 1.54) is 42.7 Å². The second-order valence-corrected chi connectivity index (χ2v) is 5.30. The predicted molar refractivity (Wildman–Crippen MR) is 64.9 cm³/mol. The summed E-state index contributed by atoms with van der Waals surface area (Å²) < 4.78 is 0. The summed E-state index contributed by atoms with van der Waals surface area (Å²) in [6.45, 7) is 1.13. The van der Waals surface area contributed by atoms with E-state index in [2.05, 4.69) is 17.3 Å². The summed E-state index contributed by atoms with van der Waals surface area (Å²) in [5.74, 6) is 0.856. The third-order valence-corrected chi connectivity index (χ3v) is 4.02. The molecule has 0 bridgehead atoms. The zero-order valence-corrected chi connectivity index (χ0v) is 9.93. The Morgan fingerprint density at radius 1 is 1.53 bits per heavy atom. The van der Waals surface area contributed by atoms with Crippen LogP contribution in [0.2, 0.25) is 0 Å². The van der Waals surface area contributed by atoms with Crippen molar-refractivity contribution >= 4 is 23.3 Å². The molecule has 0 N–H and O–H groups in total. The van der Waals surface area contributed by atoms with Crippen molar-refractivity contribution in [1.82, 2.24) is 0 Å². The molecule has 0 saturated heterocycles. The summed E-state index contributed by atoms with van der Waals surface area (Å²) in [6.07, 6.45) is 6.45. The van der Waals surface area contributed by atoms with Gasteiger partial charge in [0.05, 0.1) is 4.88 Å². The van der Waals surface area contributed by atoms with Gasteiger partial charge in [0.1, 0.15) is 0 Å². The van der Waals surface area contributed by atoms with Gasteiger partial charge in [-0.25, -0.2) is 0 Å². The average Bonchev–Trinajstić information content (AvgIpc) is 2.86. The van der Waals surface area contributed by atoms with Gasteiger partial charge in [0.15, 0.2) is 6.29 Å². The molecule has 0 unspecified atom stereocenters. The van der Waals surface area contributed by atoms with Crippen LogP contribution in [0.15, 0.2) is 11.4 Å². The molecule has 0 atom stereocenters. The summed E-state index contributed by atoms with van der Waals surface area (Å²) in [7, 11) is 2.12. The Balaban J connectivity index is 1.94. The Labute approximate surface area is 94.9 Å². The van der Waals surface area contributed by atoms with Crippen molar-refractivity contribution in [2.45, 2.75) is 25.7 Å². The van der Waals surface area contributed by atoms with Crippen LogP contribution in [0.3, 0.4) is 0 Å². The van der Waals surface area contributed by atoms with Gasteiger partial charge in [-0.15, -0.1) is 11.3 Å². The van der Waals surface area contributed by atoms with Gasteiger partial charge in [-0.3, -0.25) is 4.79 Å². The fourth-order valence-corrected chi connectivity index (χ4v) is 3.04. The third-order valence-electron chi connectivity index (χ3n) is 3.17. The van der Waals surface area contributed by atoms with Gasteiger partial charge >= 0.3 is 0 Å². The third kappa shape index (κ3) is 2.59. The van der Waals surface area contributed by atoms with Gasteiger partial charge in [-0.1, -0.05) is 12.8 Å². The van der Waals surface area contributed by atoms with Crippen LogP contribution >= 0.6 is 11.3 Å². The highest BCUT2D eigenvalue weighted by Crippen LogP contribution is 2.28. The fraction of sp³-hybridized carbons (Fsp3) is 0.583. The number of hydrogen-bond acceptors (Lipinski definition) is 3. The molecular weight excluding hydrogens is 206 g/mol. The van der Waals surface area contributed by atoms with Crippen LogP contribution in [0.4, 0.5) is 5.69 Å². The van der Waals surface area contributed by atoms with Crippen molar-refractivity contribution in [2.24, 2.45) is 5.92 Å². The lowest BCUT2D eigenvalue weighted by molar-refractivity contribution is 0.112. The number of rotatable bonds is 4. The van der Waals surface area contributed by atoms with Crippen molar-refractivity contribution in [1.29, 1.82) is 0 Å². The van der Waals surface area contributed by atoms with Gasteiger partial charge in [-0.2, -0.15) is 0 Å². The van der Waals surface area contributed by atoms with Crippen molar-refractivity contribution in [3.8, 4) is 0 Å². The van der Waals surface area contributed by atoms with Gasteiger partial charge in [0, 0.05) is 24.7 Å². The van der Waals surface area contributed by atoms with Crippen LogP contribution in [0.5, 0.6) is 0 Å². The Kier molecular flexibility index (Phi) is 3.41. The number of carbonyl (C=O) groups excluding carboxylic acids is 1. The van der Waals surface area contributed by atoms with Crippen molar-refractivity contribution < 1.29 is 4.79 Å². The van der Waals surface area contributed by atoms with E-state index in [0.29, 0.717) is 0 Å². The molecular formula is C12H17NOS. The van der Waals surface area contributed by atoms with Crippen LogP contribution in [-0.4, -0.2) is 19.9 Å². The lowest BCUT2D eigenvalue weighted by Gasteiger charge is -2.21. The first-order valence-electron chi connectivity index (χ1n) is 5.54. The molecule has 2 rings (SSSR count). The number of thiophene rings is 1. The SMILES string of the molecule is CN(CC1CCCC1)c1csc(C=O)c1. The second kappa shape index (κ2) is 4.79. The largest absolute Gasteiger partial charge is 0.374 e. The minimum atomic E-state index is 0.822. The first kappa shape index (κ1) is 10.7. The van der Waals surface area contributed by atoms with E-state index in [1.807, 2.05) is 6.07 Å². The van der Waals surface area contributed by atoms with Gasteiger partial charge in [0.2, 0.25) is 0 Å². The lowest BCUT2D eigenvalue weighted by Crippen LogP contribution is -2.23. The van der Waals surface area contributed by atoms with Crippen molar-refractivity contribution in [2.75, 3.05) is 18.5 Å². The van der Waals surface area contributed by atoms with E-state index < -0.39 is 0 Å². The summed E-state index contributed by atoms with van der Waals surface area (Å²) in [5.41, 5.74) is 1.19. The Morgan fingerprint density at radius 2 is 2.27 bits per heavy atom. The molecule has 3 heteroatoms. The molecule has 0 spiro atoms. The summed E-state index contributed by atoms with van der Waals surface area (Å²) >= 11 is 1.53. The zero-order chi connectivity index (χ0) is 10.7. The normalized spacial score (nSPS) is 16.9. The molecule has 15 heavy (non-hydrogen) atoms. The zero-order valence-electron chi connectivity index (χ0n) is 9.11. The highest BCUT2D eigenvalue weighted by Gasteiger charge is 2.17. The molecule has 2 nitrogen and oxygen atoms in total. The van der Waals surface area contributed by atoms with Gasteiger partial charge in [0.25, 0.3) is 0 Å². The van der Waals surface area contributed by atoms with Gasteiger partial charge < -0.3 is 4.90 Å². The molecule has 82 valence electrons. The smallest absolute Gasteiger partial charge is 0.160 e. The molecule has 1 heterocycles. The molecule has 1 aliphatic carbocycles. The maximum Gasteiger partial charge on any atom is 0.160 e. The molecule has 1 fully saturated rings. The summed E-state index contributed by atoms with van der Waals surface area (Å²) in [6, 6.07) is 1.98. The van der Waals surface area contributed by atoms with Gasteiger partial charge in [-0.05, 0) is 24.8 Å². The summed E-state index contributed by atoms with van der Waals surface area (Å²) in [5, 5.41) is 2.07. The number of carbonyl (C=O) groups is 1. The number of anilines is 1. The Hall–Kier alpha value is -0.830. The molecule has 1 aromatic rings. The molecule has 0 aromatic carbocycles. The van der Waals surface area contributed by atoms with Crippen molar-refractivity contribution in [3.05, 3.63) is 16.3 Å². The van der Waals surface area contributed by atoms with Crippen LogP contribution in [0.1, 0.15) is 35.4 Å². The van der Waals surface area contributed by atoms with E-state index in [4.69, 9.17) is 0 Å². The van der Waals surface area contributed by atoms with E-state index >= 15 is 0 Å². The topological polar surface area (TPSA) is 20.3 Å². The highest BCUT2D eigenvalue weighted by atomic mass is 32.1. The second-order valence-electron chi connectivity index (χ2n) is 4.36. The first-order valence-corrected chi connectivity index (χ1v) is 6.42. The molecule has 0 radical (unpaired) electrons. The molecule has 0 amide bonds. The molecule has 1 saturated carbocycles.